The molecule has 0 saturated carbocycles. The fourth-order valence-corrected chi connectivity index (χ4v) is 2.97. The summed E-state index contributed by atoms with van der Waals surface area (Å²) in [4.78, 5) is 16.1. The maximum atomic E-state index is 11.7. The summed E-state index contributed by atoms with van der Waals surface area (Å²) in [5.74, 6) is -0.972. The Labute approximate surface area is 126 Å². The molecule has 2 rings (SSSR count). The first-order valence-electron chi connectivity index (χ1n) is 7.40. The van der Waals surface area contributed by atoms with Gasteiger partial charge in [0.1, 0.15) is 0 Å². The van der Waals surface area contributed by atoms with Crippen molar-refractivity contribution in [3.05, 3.63) is 35.9 Å². The largest absolute Gasteiger partial charge is 0.480 e. The zero-order valence-corrected chi connectivity index (χ0v) is 12.8. The highest BCUT2D eigenvalue weighted by Gasteiger charge is 2.39. The molecule has 21 heavy (non-hydrogen) atoms. The van der Waals surface area contributed by atoms with Gasteiger partial charge in [-0.15, -0.1) is 0 Å². The van der Waals surface area contributed by atoms with E-state index in [1.807, 2.05) is 18.2 Å². The van der Waals surface area contributed by atoms with Crippen molar-refractivity contribution in [2.24, 2.45) is 5.73 Å². The van der Waals surface area contributed by atoms with Crippen LogP contribution in [-0.2, 0) is 10.3 Å². The number of benzene rings is 1. The summed E-state index contributed by atoms with van der Waals surface area (Å²) < 4.78 is 0. The van der Waals surface area contributed by atoms with Crippen molar-refractivity contribution in [2.45, 2.75) is 24.4 Å². The summed E-state index contributed by atoms with van der Waals surface area (Å²) in [5, 5.41) is 9.63. The second kappa shape index (κ2) is 6.56. The van der Waals surface area contributed by atoms with Gasteiger partial charge in [0.25, 0.3) is 0 Å². The van der Waals surface area contributed by atoms with E-state index >= 15 is 0 Å². The molecule has 5 nitrogen and oxygen atoms in total. The fourth-order valence-electron chi connectivity index (χ4n) is 2.97. The zero-order chi connectivity index (χ0) is 15.5. The van der Waals surface area contributed by atoms with Crippen LogP contribution < -0.4 is 5.73 Å². The van der Waals surface area contributed by atoms with Crippen LogP contribution in [0.2, 0.25) is 0 Å². The average molecular weight is 291 g/mol. The highest BCUT2D eigenvalue weighted by atomic mass is 16.4. The number of carboxylic acid groups (broad SMARTS) is 1. The van der Waals surface area contributed by atoms with Crippen molar-refractivity contribution < 1.29 is 9.90 Å². The van der Waals surface area contributed by atoms with Gasteiger partial charge < -0.3 is 15.7 Å². The fraction of sp³-hybridized carbons (Fsp3) is 0.562. The monoisotopic (exact) mass is 291 g/mol. The molecule has 1 aliphatic heterocycles. The van der Waals surface area contributed by atoms with Crippen molar-refractivity contribution in [2.75, 3.05) is 33.7 Å². The summed E-state index contributed by atoms with van der Waals surface area (Å²) >= 11 is 0. The van der Waals surface area contributed by atoms with E-state index in [4.69, 9.17) is 5.73 Å². The number of likely N-dealkylation sites (N-methyl/N-ethyl adjacent to an activating group) is 1. The molecule has 116 valence electrons. The lowest BCUT2D eigenvalue weighted by Gasteiger charge is -2.39. The first-order valence-corrected chi connectivity index (χ1v) is 7.40. The molecule has 0 bridgehead atoms. The maximum Gasteiger partial charge on any atom is 0.329 e. The van der Waals surface area contributed by atoms with E-state index < -0.39 is 11.5 Å². The van der Waals surface area contributed by atoms with E-state index in [1.165, 1.54) is 0 Å². The lowest BCUT2D eigenvalue weighted by Crippen LogP contribution is -2.56. The number of rotatable bonds is 5. The van der Waals surface area contributed by atoms with Gasteiger partial charge in [0.2, 0.25) is 0 Å². The molecule has 1 heterocycles. The third-order valence-corrected chi connectivity index (χ3v) is 4.35. The Kier molecular flexibility index (Phi) is 4.98. The van der Waals surface area contributed by atoms with Crippen LogP contribution in [0.5, 0.6) is 0 Å². The number of hydrogen-bond acceptors (Lipinski definition) is 4. The normalized spacial score (nSPS) is 23.0. The van der Waals surface area contributed by atoms with Crippen LogP contribution >= 0.6 is 0 Å². The number of piperidine rings is 1. The van der Waals surface area contributed by atoms with Crippen LogP contribution in [0, 0.1) is 0 Å². The molecule has 1 aromatic rings. The average Bonchev–Trinajstić information content (AvgIpc) is 2.48. The third kappa shape index (κ3) is 3.61. The maximum absolute atomic E-state index is 11.7. The topological polar surface area (TPSA) is 69.8 Å². The molecule has 1 aliphatic rings. The second-order valence-corrected chi connectivity index (χ2v) is 6.14. The van der Waals surface area contributed by atoms with E-state index in [1.54, 1.807) is 12.1 Å². The third-order valence-electron chi connectivity index (χ3n) is 4.35. The number of carboxylic acids is 1. The predicted molar refractivity (Wildman–Crippen MR) is 83.1 cm³/mol. The molecule has 1 fully saturated rings. The minimum absolute atomic E-state index is 0.344. The number of carbonyl (C=O) groups is 1. The first kappa shape index (κ1) is 15.9. The Morgan fingerprint density at radius 1 is 1.43 bits per heavy atom. The zero-order valence-electron chi connectivity index (χ0n) is 12.8. The molecule has 0 radical (unpaired) electrons. The molecular weight excluding hydrogens is 266 g/mol. The van der Waals surface area contributed by atoms with Gasteiger partial charge in [-0.25, -0.2) is 4.79 Å². The van der Waals surface area contributed by atoms with Crippen molar-refractivity contribution in [3.63, 3.8) is 0 Å². The van der Waals surface area contributed by atoms with E-state index in [2.05, 4.69) is 23.9 Å². The molecular formula is C16H25N3O2. The van der Waals surface area contributed by atoms with Gasteiger partial charge in [-0.3, -0.25) is 4.90 Å². The Morgan fingerprint density at radius 3 is 2.67 bits per heavy atom. The van der Waals surface area contributed by atoms with Gasteiger partial charge in [0.05, 0.1) is 0 Å². The predicted octanol–water partition coefficient (Wildman–Crippen LogP) is 0.951. The summed E-state index contributed by atoms with van der Waals surface area (Å²) in [6.45, 7) is 2.12. The summed E-state index contributed by atoms with van der Waals surface area (Å²) in [6, 6.07) is 9.59. The molecule has 1 saturated heterocycles. The molecule has 0 amide bonds. The van der Waals surface area contributed by atoms with Crippen molar-refractivity contribution >= 4 is 5.97 Å². The summed E-state index contributed by atoms with van der Waals surface area (Å²) in [5.41, 5.74) is 5.56. The Bertz CT molecular complexity index is 478. The van der Waals surface area contributed by atoms with Gasteiger partial charge >= 0.3 is 5.97 Å². The number of nitrogens with zero attached hydrogens (tertiary/aromatic N) is 2. The quantitative estimate of drug-likeness (QED) is 0.845. The van der Waals surface area contributed by atoms with E-state index in [0.717, 1.165) is 25.9 Å². The van der Waals surface area contributed by atoms with Crippen molar-refractivity contribution in [1.82, 2.24) is 9.80 Å². The summed E-state index contributed by atoms with van der Waals surface area (Å²) in [7, 11) is 4.14. The van der Waals surface area contributed by atoms with E-state index in [9.17, 15) is 9.90 Å². The van der Waals surface area contributed by atoms with Gasteiger partial charge in [-0.1, -0.05) is 30.3 Å². The highest BCUT2D eigenvalue weighted by Crippen LogP contribution is 2.23. The minimum atomic E-state index is -1.35. The molecule has 0 spiro atoms. The van der Waals surface area contributed by atoms with Crippen LogP contribution in [0.4, 0.5) is 0 Å². The highest BCUT2D eigenvalue weighted by molar-refractivity contribution is 5.80. The first-order chi connectivity index (χ1) is 9.93. The molecule has 5 heteroatoms. The molecule has 2 atom stereocenters. The van der Waals surface area contributed by atoms with Gasteiger partial charge in [0.15, 0.2) is 5.54 Å². The van der Waals surface area contributed by atoms with Crippen LogP contribution in [0.1, 0.15) is 18.4 Å². The van der Waals surface area contributed by atoms with Crippen molar-refractivity contribution in [3.8, 4) is 0 Å². The molecule has 0 aliphatic carbocycles. The number of nitrogens with two attached hydrogens (primary N) is 1. The minimum Gasteiger partial charge on any atom is -0.480 e. The number of aliphatic carboxylic acids is 1. The van der Waals surface area contributed by atoms with Gasteiger partial charge in [0, 0.05) is 19.1 Å². The van der Waals surface area contributed by atoms with Gasteiger partial charge in [-0.05, 0) is 39.0 Å². The Hall–Kier alpha value is -1.43. The standard InChI is InChI=1S/C16H25N3O2/c1-18(2)14-9-6-10-19(11-14)12-16(17,15(20)21)13-7-4-3-5-8-13/h3-5,7-8,14H,6,9-12,17H2,1-2H3,(H,20,21). The van der Waals surface area contributed by atoms with Gasteiger partial charge in [-0.2, -0.15) is 0 Å². The van der Waals surface area contributed by atoms with E-state index in [0.29, 0.717) is 18.2 Å². The SMILES string of the molecule is CN(C)C1CCCN(CC(N)(C(=O)O)c2ccccc2)C1. The Morgan fingerprint density at radius 2 is 2.10 bits per heavy atom. The van der Waals surface area contributed by atoms with E-state index in [-0.39, 0.29) is 0 Å². The van der Waals surface area contributed by atoms with Crippen LogP contribution in [0.15, 0.2) is 30.3 Å². The van der Waals surface area contributed by atoms with Crippen molar-refractivity contribution in [1.29, 1.82) is 0 Å². The number of hydrogen-bond donors (Lipinski definition) is 2. The lowest BCUT2D eigenvalue weighted by atomic mass is 9.89. The summed E-state index contributed by atoms with van der Waals surface area (Å²) in [6.07, 6.45) is 2.23. The van der Waals surface area contributed by atoms with Crippen LogP contribution in [-0.4, -0.2) is 60.6 Å². The lowest BCUT2D eigenvalue weighted by molar-refractivity contribution is -0.144. The second-order valence-electron chi connectivity index (χ2n) is 6.14. The molecule has 1 aromatic carbocycles. The smallest absolute Gasteiger partial charge is 0.329 e. The number of likely N-dealkylation sites (tertiary alicyclic amines) is 1. The molecule has 3 N–H and O–H groups in total. The van der Waals surface area contributed by atoms with Crippen LogP contribution in [0.3, 0.4) is 0 Å². The molecule has 2 unspecified atom stereocenters. The molecule has 0 aromatic heterocycles. The van der Waals surface area contributed by atoms with Crippen LogP contribution in [0.25, 0.3) is 0 Å². The Balaban J connectivity index is 2.15.